The van der Waals surface area contributed by atoms with E-state index in [4.69, 9.17) is 15.2 Å². The lowest BCUT2D eigenvalue weighted by molar-refractivity contribution is -0.0169. The largest absolute Gasteiger partial charge is 0.467 e. The van der Waals surface area contributed by atoms with Gasteiger partial charge in [0.15, 0.2) is 12.6 Å². The Morgan fingerprint density at radius 3 is 3.06 bits per heavy atom. The zero-order valence-corrected chi connectivity index (χ0v) is 8.66. The molecule has 0 aliphatic carbocycles. The first-order valence-corrected chi connectivity index (χ1v) is 4.99. The molecule has 16 heavy (non-hydrogen) atoms. The van der Waals surface area contributed by atoms with Crippen LogP contribution in [0.15, 0.2) is 12.1 Å². The third kappa shape index (κ3) is 1.91. The van der Waals surface area contributed by atoms with Gasteiger partial charge in [0.2, 0.25) is 0 Å². The molecule has 0 amide bonds. The van der Waals surface area contributed by atoms with Crippen LogP contribution in [0.4, 0.5) is 4.39 Å². The summed E-state index contributed by atoms with van der Waals surface area (Å²) in [4.78, 5) is 11.7. The third-order valence-electron chi connectivity index (χ3n) is 2.41. The van der Waals surface area contributed by atoms with E-state index in [-0.39, 0.29) is 37.7 Å². The molecule has 0 saturated heterocycles. The summed E-state index contributed by atoms with van der Waals surface area (Å²) in [5.74, 6) is -0.356. The van der Waals surface area contributed by atoms with Crippen molar-refractivity contribution in [2.24, 2.45) is 5.73 Å². The van der Waals surface area contributed by atoms with Crippen LogP contribution in [0.2, 0.25) is 0 Å². The van der Waals surface area contributed by atoms with E-state index in [2.05, 4.69) is 0 Å². The van der Waals surface area contributed by atoms with Crippen LogP contribution < -0.4 is 10.5 Å². The van der Waals surface area contributed by atoms with Gasteiger partial charge in [-0.05, 0) is 18.7 Å². The highest BCUT2D eigenvalue weighted by molar-refractivity contribution is 5.98. The molecule has 2 rings (SSSR count). The monoisotopic (exact) mass is 225 g/mol. The molecule has 0 bridgehead atoms. The number of carbonyl (C=O) groups excluding carboxylic acids is 1. The molecule has 1 aliphatic heterocycles. The number of ketones is 1. The summed E-state index contributed by atoms with van der Waals surface area (Å²) < 4.78 is 23.8. The second-order valence-corrected chi connectivity index (χ2v) is 3.47. The predicted molar refractivity (Wildman–Crippen MR) is 54.7 cm³/mol. The number of hydrogen-bond acceptors (Lipinski definition) is 4. The molecule has 1 aliphatic rings. The molecule has 4 nitrogen and oxygen atoms in total. The number of fused-ring (bicyclic) bond motifs is 1. The van der Waals surface area contributed by atoms with Gasteiger partial charge >= 0.3 is 0 Å². The highest BCUT2D eigenvalue weighted by Crippen LogP contribution is 2.29. The first-order valence-electron chi connectivity index (χ1n) is 4.99. The van der Waals surface area contributed by atoms with E-state index in [1.807, 2.05) is 0 Å². The van der Waals surface area contributed by atoms with Gasteiger partial charge in [0.25, 0.3) is 0 Å². The lowest BCUT2D eigenvalue weighted by Gasteiger charge is -2.20. The summed E-state index contributed by atoms with van der Waals surface area (Å²) in [6.07, 6.45) is 0.118. The Labute approximate surface area is 92.1 Å². The summed E-state index contributed by atoms with van der Waals surface area (Å²) in [5, 5.41) is 0. The fraction of sp³-hybridized carbons (Fsp3) is 0.364. The SMILES string of the molecule is NCCC(=O)c1c(F)ccc2c1COCO2. The van der Waals surface area contributed by atoms with Crippen molar-refractivity contribution in [1.82, 2.24) is 0 Å². The van der Waals surface area contributed by atoms with E-state index in [1.54, 1.807) is 0 Å². The lowest BCUT2D eigenvalue weighted by atomic mass is 10.00. The van der Waals surface area contributed by atoms with Crippen molar-refractivity contribution in [2.45, 2.75) is 13.0 Å². The Bertz CT molecular complexity index is 420. The Balaban J connectivity index is 2.45. The maximum atomic E-state index is 13.6. The average Bonchev–Trinajstić information content (AvgIpc) is 2.29. The minimum Gasteiger partial charge on any atom is -0.467 e. The van der Waals surface area contributed by atoms with Gasteiger partial charge in [0, 0.05) is 12.0 Å². The number of benzene rings is 1. The first kappa shape index (κ1) is 11.0. The molecule has 0 saturated carbocycles. The molecule has 0 aromatic heterocycles. The van der Waals surface area contributed by atoms with E-state index in [1.165, 1.54) is 12.1 Å². The molecule has 0 atom stereocenters. The Kier molecular flexibility index (Phi) is 3.17. The molecule has 86 valence electrons. The topological polar surface area (TPSA) is 61.6 Å². The molecular weight excluding hydrogens is 213 g/mol. The van der Waals surface area contributed by atoms with E-state index >= 15 is 0 Å². The van der Waals surface area contributed by atoms with Crippen LogP contribution in [0, 0.1) is 5.82 Å². The van der Waals surface area contributed by atoms with Gasteiger partial charge in [-0.3, -0.25) is 4.79 Å². The van der Waals surface area contributed by atoms with Gasteiger partial charge in [0.1, 0.15) is 11.6 Å². The molecule has 0 unspecified atom stereocenters. The first-order chi connectivity index (χ1) is 7.74. The van der Waals surface area contributed by atoms with Crippen molar-refractivity contribution < 1.29 is 18.7 Å². The number of halogens is 1. The van der Waals surface area contributed by atoms with Crippen molar-refractivity contribution in [1.29, 1.82) is 0 Å². The summed E-state index contributed by atoms with van der Waals surface area (Å²) in [6, 6.07) is 2.74. The third-order valence-corrected chi connectivity index (χ3v) is 2.41. The van der Waals surface area contributed by atoms with Crippen molar-refractivity contribution in [2.75, 3.05) is 13.3 Å². The molecule has 0 fully saturated rings. The van der Waals surface area contributed by atoms with Crippen LogP contribution >= 0.6 is 0 Å². The molecule has 1 heterocycles. The van der Waals surface area contributed by atoms with Crippen molar-refractivity contribution >= 4 is 5.78 Å². The van der Waals surface area contributed by atoms with Gasteiger partial charge < -0.3 is 15.2 Å². The second-order valence-electron chi connectivity index (χ2n) is 3.47. The second kappa shape index (κ2) is 4.59. The highest BCUT2D eigenvalue weighted by atomic mass is 19.1. The lowest BCUT2D eigenvalue weighted by Crippen LogP contribution is -2.18. The van der Waals surface area contributed by atoms with Crippen LogP contribution in [0.1, 0.15) is 22.3 Å². The molecule has 0 spiro atoms. The zero-order chi connectivity index (χ0) is 11.5. The number of Topliss-reactive ketones (excluding diaryl/α,β-unsaturated/α-hetero) is 1. The Morgan fingerprint density at radius 1 is 1.50 bits per heavy atom. The van der Waals surface area contributed by atoms with Gasteiger partial charge in [-0.2, -0.15) is 0 Å². The summed E-state index contributed by atoms with van der Waals surface area (Å²) >= 11 is 0. The molecule has 0 radical (unpaired) electrons. The van der Waals surface area contributed by atoms with E-state index in [0.717, 1.165) is 0 Å². The quantitative estimate of drug-likeness (QED) is 0.786. The fourth-order valence-electron chi connectivity index (χ4n) is 1.69. The standard InChI is InChI=1S/C11H12FNO3/c12-8-1-2-10-7(5-15-6-16-10)11(8)9(14)3-4-13/h1-2H,3-6,13H2. The summed E-state index contributed by atoms with van der Waals surface area (Å²) in [5.41, 5.74) is 5.81. The Morgan fingerprint density at radius 2 is 2.31 bits per heavy atom. The van der Waals surface area contributed by atoms with Crippen molar-refractivity contribution in [3.05, 3.63) is 29.1 Å². The maximum absolute atomic E-state index is 13.6. The zero-order valence-electron chi connectivity index (χ0n) is 8.66. The minimum absolute atomic E-state index is 0.0441. The van der Waals surface area contributed by atoms with E-state index in [0.29, 0.717) is 11.3 Å². The smallest absolute Gasteiger partial charge is 0.189 e. The van der Waals surface area contributed by atoms with E-state index < -0.39 is 5.82 Å². The van der Waals surface area contributed by atoms with Crippen molar-refractivity contribution in [3.8, 4) is 5.75 Å². The van der Waals surface area contributed by atoms with Gasteiger partial charge in [-0.25, -0.2) is 4.39 Å². The average molecular weight is 225 g/mol. The van der Waals surface area contributed by atoms with Crippen LogP contribution in [0.5, 0.6) is 5.75 Å². The molecule has 5 heteroatoms. The summed E-state index contributed by atoms with van der Waals surface area (Å²) in [7, 11) is 0. The number of rotatable bonds is 3. The molecule has 2 N–H and O–H groups in total. The minimum atomic E-state index is -0.550. The Hall–Kier alpha value is -1.46. The number of ether oxygens (including phenoxy) is 2. The van der Waals surface area contributed by atoms with Crippen LogP contribution in [-0.4, -0.2) is 19.1 Å². The highest BCUT2D eigenvalue weighted by Gasteiger charge is 2.22. The fourth-order valence-corrected chi connectivity index (χ4v) is 1.69. The number of carbonyl (C=O) groups is 1. The van der Waals surface area contributed by atoms with Crippen LogP contribution in [0.3, 0.4) is 0 Å². The predicted octanol–water partition coefficient (Wildman–Crippen LogP) is 1.22. The number of hydrogen-bond donors (Lipinski definition) is 1. The van der Waals surface area contributed by atoms with Crippen molar-refractivity contribution in [3.63, 3.8) is 0 Å². The molecule has 1 aromatic carbocycles. The normalized spacial score (nSPS) is 14.1. The maximum Gasteiger partial charge on any atom is 0.189 e. The molecule has 1 aromatic rings. The summed E-state index contributed by atoms with van der Waals surface area (Å²) in [6.45, 7) is 0.519. The van der Waals surface area contributed by atoms with Gasteiger partial charge in [0.05, 0.1) is 12.2 Å². The van der Waals surface area contributed by atoms with Gasteiger partial charge in [-0.15, -0.1) is 0 Å². The van der Waals surface area contributed by atoms with Crippen LogP contribution in [0.25, 0.3) is 0 Å². The van der Waals surface area contributed by atoms with Crippen LogP contribution in [-0.2, 0) is 11.3 Å². The van der Waals surface area contributed by atoms with E-state index in [9.17, 15) is 9.18 Å². The van der Waals surface area contributed by atoms with Gasteiger partial charge in [-0.1, -0.05) is 0 Å². The molecular formula is C11H12FNO3. The number of nitrogens with two attached hydrogens (primary N) is 1.